The monoisotopic (exact) mass is 281 g/mol. The molecule has 1 aromatic carbocycles. The Labute approximate surface area is 118 Å². The van der Waals surface area contributed by atoms with Gasteiger partial charge in [-0.2, -0.15) is 0 Å². The summed E-state index contributed by atoms with van der Waals surface area (Å²) < 4.78 is 0. The first-order valence-electron chi connectivity index (χ1n) is 6.47. The molecule has 0 saturated carbocycles. The van der Waals surface area contributed by atoms with Crippen LogP contribution in [0.1, 0.15) is 0 Å². The van der Waals surface area contributed by atoms with Gasteiger partial charge in [0.25, 0.3) is 0 Å². The van der Waals surface area contributed by atoms with Gasteiger partial charge in [-0.05, 0) is 23.8 Å². The van der Waals surface area contributed by atoms with Gasteiger partial charge in [-0.1, -0.05) is 12.1 Å². The summed E-state index contributed by atoms with van der Waals surface area (Å²) in [4.78, 5) is 12.4. The van der Waals surface area contributed by atoms with Gasteiger partial charge in [0.2, 0.25) is 5.43 Å². The molecular formula is C16H11NO4. The topological polar surface area (TPSA) is 89.8 Å². The van der Waals surface area contributed by atoms with Crippen LogP contribution in [0.25, 0.3) is 11.3 Å². The van der Waals surface area contributed by atoms with E-state index in [1.807, 2.05) is 0 Å². The van der Waals surface area contributed by atoms with Crippen molar-refractivity contribution in [3.63, 3.8) is 0 Å². The Morgan fingerprint density at radius 2 is 1.95 bits per heavy atom. The summed E-state index contributed by atoms with van der Waals surface area (Å²) in [6, 6.07) is 4.62. The molecule has 0 saturated heterocycles. The molecule has 5 nitrogen and oxygen atoms in total. The predicted molar refractivity (Wildman–Crippen MR) is 76.6 cm³/mol. The maximum Gasteiger partial charge on any atom is 0.228 e. The highest BCUT2D eigenvalue weighted by Gasteiger charge is 2.37. The molecule has 1 aliphatic heterocycles. The number of allylic oxidation sites excluding steroid dienone is 3. The van der Waals surface area contributed by atoms with Crippen LogP contribution in [-0.4, -0.2) is 15.3 Å². The summed E-state index contributed by atoms with van der Waals surface area (Å²) in [6.07, 6.45) is 4.99. The van der Waals surface area contributed by atoms with Gasteiger partial charge < -0.3 is 20.6 Å². The molecule has 1 atom stereocenters. The SMILES string of the molecule is O=c1c(O)cccc2c1=C1C(O)=C(O)C=C3C=CNC=2C31. The minimum atomic E-state index is -0.561. The summed E-state index contributed by atoms with van der Waals surface area (Å²) >= 11 is 0. The molecule has 5 heteroatoms. The van der Waals surface area contributed by atoms with Crippen LogP contribution in [0.15, 0.2) is 58.4 Å². The maximum atomic E-state index is 12.4. The molecule has 2 aliphatic carbocycles. The average Bonchev–Trinajstić information content (AvgIpc) is 2.72. The molecule has 21 heavy (non-hydrogen) atoms. The van der Waals surface area contributed by atoms with Gasteiger partial charge in [0.1, 0.15) is 0 Å². The molecule has 0 bridgehead atoms. The molecule has 4 N–H and O–H groups in total. The van der Waals surface area contributed by atoms with Crippen molar-refractivity contribution in [2.75, 3.05) is 0 Å². The minimum absolute atomic E-state index is 0.225. The summed E-state index contributed by atoms with van der Waals surface area (Å²) in [5, 5.41) is 33.8. The highest BCUT2D eigenvalue weighted by Crippen LogP contribution is 2.40. The van der Waals surface area contributed by atoms with E-state index in [2.05, 4.69) is 5.32 Å². The fraction of sp³-hybridized carbons (Fsp3) is 0.0625. The van der Waals surface area contributed by atoms with Crippen molar-refractivity contribution in [2.45, 2.75) is 0 Å². The van der Waals surface area contributed by atoms with Crippen molar-refractivity contribution >= 4 is 11.3 Å². The van der Waals surface area contributed by atoms with Crippen molar-refractivity contribution < 1.29 is 15.3 Å². The Kier molecular flexibility index (Phi) is 2.14. The van der Waals surface area contributed by atoms with Crippen LogP contribution in [0.2, 0.25) is 0 Å². The molecule has 0 spiro atoms. The number of aromatic hydroxyl groups is 1. The van der Waals surface area contributed by atoms with Gasteiger partial charge in [0.15, 0.2) is 17.3 Å². The Bertz CT molecular complexity index is 967. The largest absolute Gasteiger partial charge is 0.504 e. The van der Waals surface area contributed by atoms with Crippen LogP contribution < -0.4 is 21.2 Å². The van der Waals surface area contributed by atoms with E-state index in [1.54, 1.807) is 24.4 Å². The fourth-order valence-electron chi connectivity index (χ4n) is 3.15. The van der Waals surface area contributed by atoms with E-state index < -0.39 is 5.43 Å². The lowest BCUT2D eigenvalue weighted by molar-refractivity contribution is 0.348. The van der Waals surface area contributed by atoms with Gasteiger partial charge in [0, 0.05) is 27.9 Å². The van der Waals surface area contributed by atoms with Crippen LogP contribution in [0.4, 0.5) is 0 Å². The fourth-order valence-corrected chi connectivity index (χ4v) is 3.15. The molecule has 0 amide bonds. The zero-order valence-corrected chi connectivity index (χ0v) is 10.8. The van der Waals surface area contributed by atoms with Crippen molar-refractivity contribution in [2.24, 2.45) is 5.92 Å². The molecule has 0 radical (unpaired) electrons. The summed E-state index contributed by atoms with van der Waals surface area (Å²) in [5.74, 6) is -1.31. The molecule has 4 rings (SSSR count). The number of rotatable bonds is 0. The lowest BCUT2D eigenvalue weighted by Gasteiger charge is -2.27. The summed E-state index contributed by atoms with van der Waals surface area (Å²) in [6.45, 7) is 0. The van der Waals surface area contributed by atoms with E-state index in [0.717, 1.165) is 11.3 Å². The first kappa shape index (κ1) is 11.8. The van der Waals surface area contributed by atoms with Crippen molar-refractivity contribution in [3.05, 3.63) is 74.3 Å². The third-order valence-corrected chi connectivity index (χ3v) is 4.03. The van der Waals surface area contributed by atoms with Gasteiger partial charge in [-0.3, -0.25) is 4.79 Å². The average molecular weight is 281 g/mol. The lowest BCUT2D eigenvalue weighted by Crippen LogP contribution is -2.37. The van der Waals surface area contributed by atoms with E-state index in [1.165, 1.54) is 12.1 Å². The van der Waals surface area contributed by atoms with Crippen LogP contribution in [-0.2, 0) is 0 Å². The summed E-state index contributed by atoms with van der Waals surface area (Å²) in [5.41, 5.74) is 1.32. The second-order valence-electron chi connectivity index (χ2n) is 5.15. The zero-order valence-electron chi connectivity index (χ0n) is 10.8. The van der Waals surface area contributed by atoms with E-state index >= 15 is 0 Å². The molecule has 1 aromatic rings. The zero-order chi connectivity index (χ0) is 14.7. The van der Waals surface area contributed by atoms with Gasteiger partial charge >= 0.3 is 0 Å². The normalized spacial score (nSPS) is 21.7. The van der Waals surface area contributed by atoms with Gasteiger partial charge in [-0.15, -0.1) is 0 Å². The Morgan fingerprint density at radius 3 is 2.76 bits per heavy atom. The van der Waals surface area contributed by atoms with Gasteiger partial charge in [0.05, 0.1) is 5.92 Å². The number of aliphatic hydroxyl groups excluding tert-OH is 2. The van der Waals surface area contributed by atoms with Crippen molar-refractivity contribution in [1.29, 1.82) is 0 Å². The molecule has 0 fully saturated rings. The van der Waals surface area contributed by atoms with E-state index in [0.29, 0.717) is 10.8 Å². The number of fused-ring (bicyclic) bond motifs is 1. The highest BCUT2D eigenvalue weighted by molar-refractivity contribution is 5.85. The highest BCUT2D eigenvalue weighted by atomic mass is 16.3. The van der Waals surface area contributed by atoms with Crippen LogP contribution >= 0.6 is 0 Å². The second-order valence-corrected chi connectivity index (χ2v) is 5.15. The minimum Gasteiger partial charge on any atom is -0.504 e. The van der Waals surface area contributed by atoms with Crippen molar-refractivity contribution in [1.82, 2.24) is 5.32 Å². The molecule has 0 aromatic heterocycles. The third-order valence-electron chi connectivity index (χ3n) is 4.03. The molecule has 3 aliphatic rings. The number of nitrogens with one attached hydrogen (secondary N) is 1. The van der Waals surface area contributed by atoms with E-state index in [-0.39, 0.29) is 28.4 Å². The number of hydrogen-bond acceptors (Lipinski definition) is 5. The molecule has 104 valence electrons. The number of aliphatic hydroxyl groups is 2. The quantitative estimate of drug-likeness (QED) is 0.538. The first-order valence-corrected chi connectivity index (χ1v) is 6.47. The van der Waals surface area contributed by atoms with Crippen LogP contribution in [0.3, 0.4) is 0 Å². The van der Waals surface area contributed by atoms with Crippen LogP contribution in [0.5, 0.6) is 5.75 Å². The Hall–Kier alpha value is -2.95. The molecule has 1 unspecified atom stereocenters. The third kappa shape index (κ3) is 1.37. The van der Waals surface area contributed by atoms with Crippen molar-refractivity contribution in [3.8, 4) is 5.75 Å². The molecular weight excluding hydrogens is 270 g/mol. The van der Waals surface area contributed by atoms with E-state index in [4.69, 9.17) is 0 Å². The predicted octanol–water partition coefficient (Wildman–Crippen LogP) is 0.0256. The van der Waals surface area contributed by atoms with Crippen LogP contribution in [0, 0.1) is 5.92 Å². The standard InChI is InChI=1S/C16H11NO4/c18-9-3-1-2-8-12(15(9)20)13-11-7(4-5-17-14(8)11)6-10(19)16(13)21/h1-6,11,17-19,21H. The van der Waals surface area contributed by atoms with E-state index in [9.17, 15) is 20.1 Å². The lowest BCUT2D eigenvalue weighted by atomic mass is 9.83. The smallest absolute Gasteiger partial charge is 0.228 e. The van der Waals surface area contributed by atoms with Gasteiger partial charge in [-0.25, -0.2) is 0 Å². The summed E-state index contributed by atoms with van der Waals surface area (Å²) in [7, 11) is 0. The Balaban J connectivity index is 2.33. The second kappa shape index (κ2) is 3.79. The number of hydrogen-bond donors (Lipinski definition) is 4. The molecule has 1 heterocycles. The Morgan fingerprint density at radius 1 is 1.14 bits per heavy atom. The first-order chi connectivity index (χ1) is 10.1. The maximum absolute atomic E-state index is 12.4.